The molecule has 0 aliphatic heterocycles. The summed E-state index contributed by atoms with van der Waals surface area (Å²) >= 11 is 3.30. The van der Waals surface area contributed by atoms with E-state index in [4.69, 9.17) is 37.9 Å². The molecule has 1 aromatic carbocycles. The Morgan fingerprint density at radius 1 is 0.462 bits per heavy atom. The van der Waals surface area contributed by atoms with Gasteiger partial charge in [0.25, 0.3) is 0 Å². The van der Waals surface area contributed by atoms with Crippen LogP contribution in [-0.2, 0) is 39.6 Å². The van der Waals surface area contributed by atoms with E-state index in [2.05, 4.69) is 47.1 Å². The predicted octanol–water partition coefficient (Wildman–Crippen LogP) is 5.48. The third-order valence-electron chi connectivity index (χ3n) is 5.69. The molecule has 0 N–H and O–H groups in total. The summed E-state index contributed by atoms with van der Waals surface area (Å²) in [6.07, 6.45) is 9.13. The first-order valence-corrected chi connectivity index (χ1v) is 15.8. The smallest absolute Gasteiger partial charge is 0.119 e. The van der Waals surface area contributed by atoms with Crippen molar-refractivity contribution in [3.05, 3.63) is 29.8 Å². The van der Waals surface area contributed by atoms with Crippen molar-refractivity contribution in [2.24, 2.45) is 0 Å². The Morgan fingerprint density at radius 2 is 0.846 bits per heavy atom. The van der Waals surface area contributed by atoms with Gasteiger partial charge in [-0.2, -0.15) is 0 Å². The molecular weight excluding hydrogens is 568 g/mol. The number of hydrogen-bond acceptors (Lipinski definition) is 8. The Bertz CT molecular complexity index is 605. The van der Waals surface area contributed by atoms with Crippen LogP contribution in [0.1, 0.15) is 51.0 Å². The zero-order valence-electron chi connectivity index (χ0n) is 24.2. The maximum atomic E-state index is 5.76. The van der Waals surface area contributed by atoms with Crippen molar-refractivity contribution < 1.29 is 37.9 Å². The van der Waals surface area contributed by atoms with Crippen molar-refractivity contribution in [2.45, 2.75) is 51.9 Å². The molecule has 0 aromatic heterocycles. The highest BCUT2D eigenvalue weighted by atomic mass is 79.9. The van der Waals surface area contributed by atoms with Gasteiger partial charge in [0.05, 0.1) is 92.5 Å². The zero-order chi connectivity index (χ0) is 27.9. The second-order valence-corrected chi connectivity index (χ2v) is 9.78. The van der Waals surface area contributed by atoms with Gasteiger partial charge in [-0.25, -0.2) is 0 Å². The van der Waals surface area contributed by atoms with Gasteiger partial charge in [-0.05, 0) is 30.5 Å². The maximum absolute atomic E-state index is 5.76. The minimum absolute atomic E-state index is 0.534. The van der Waals surface area contributed by atoms with Crippen LogP contribution in [0.2, 0.25) is 0 Å². The van der Waals surface area contributed by atoms with Crippen LogP contribution in [0.5, 0.6) is 5.75 Å². The molecule has 1 aromatic rings. The lowest BCUT2D eigenvalue weighted by Crippen LogP contribution is -2.15. The number of benzene rings is 1. The SMILES string of the molecule is CCCCCCCCc1ccc(OCCOCCOCCOCCOCCOCCOCCOCCBr)cc1. The summed E-state index contributed by atoms with van der Waals surface area (Å²) in [5.74, 6) is 0.892. The Kier molecular flexibility index (Phi) is 28.1. The third kappa shape index (κ3) is 25.9. The number of unbranched alkanes of at least 4 members (excludes halogenated alkanes) is 5. The first-order chi connectivity index (χ1) is 19.4. The van der Waals surface area contributed by atoms with E-state index in [0.29, 0.717) is 99.1 Å². The second kappa shape index (κ2) is 30.2. The molecule has 0 heterocycles. The van der Waals surface area contributed by atoms with E-state index >= 15 is 0 Å². The molecule has 0 atom stereocenters. The van der Waals surface area contributed by atoms with E-state index in [1.165, 1.54) is 44.1 Å². The second-order valence-electron chi connectivity index (χ2n) is 8.99. The fourth-order valence-electron chi connectivity index (χ4n) is 3.56. The van der Waals surface area contributed by atoms with E-state index in [1.54, 1.807) is 0 Å². The lowest BCUT2D eigenvalue weighted by Gasteiger charge is -2.09. The minimum Gasteiger partial charge on any atom is -0.491 e. The van der Waals surface area contributed by atoms with Gasteiger partial charge in [0.15, 0.2) is 0 Å². The largest absolute Gasteiger partial charge is 0.491 e. The quantitative estimate of drug-likeness (QED) is 0.0798. The maximum Gasteiger partial charge on any atom is 0.119 e. The highest BCUT2D eigenvalue weighted by Gasteiger charge is 1.98. The van der Waals surface area contributed by atoms with Crippen molar-refractivity contribution in [3.8, 4) is 5.75 Å². The van der Waals surface area contributed by atoms with E-state index < -0.39 is 0 Å². The van der Waals surface area contributed by atoms with Crippen molar-refractivity contribution in [3.63, 3.8) is 0 Å². The van der Waals surface area contributed by atoms with E-state index in [0.717, 1.165) is 17.5 Å². The van der Waals surface area contributed by atoms with Crippen LogP contribution in [0, 0.1) is 0 Å². The fraction of sp³-hybridized carbons (Fsp3) is 0.800. The predicted molar refractivity (Wildman–Crippen MR) is 159 cm³/mol. The molecule has 0 amide bonds. The first-order valence-electron chi connectivity index (χ1n) is 14.7. The molecule has 0 bridgehead atoms. The number of alkyl halides is 1. The van der Waals surface area contributed by atoms with Crippen molar-refractivity contribution in [1.82, 2.24) is 0 Å². The molecule has 0 spiro atoms. The van der Waals surface area contributed by atoms with Crippen molar-refractivity contribution in [1.29, 1.82) is 0 Å². The molecule has 0 aliphatic rings. The van der Waals surface area contributed by atoms with Gasteiger partial charge >= 0.3 is 0 Å². The summed E-state index contributed by atoms with van der Waals surface area (Å²) < 4.78 is 43.9. The van der Waals surface area contributed by atoms with Gasteiger partial charge in [-0.15, -0.1) is 0 Å². The number of hydrogen-bond donors (Lipinski definition) is 0. The van der Waals surface area contributed by atoms with Crippen LogP contribution in [0.15, 0.2) is 24.3 Å². The molecule has 8 nitrogen and oxygen atoms in total. The van der Waals surface area contributed by atoms with Gasteiger partial charge in [0.2, 0.25) is 0 Å². The van der Waals surface area contributed by atoms with Crippen LogP contribution in [-0.4, -0.2) is 104 Å². The summed E-state index contributed by atoms with van der Waals surface area (Å²) in [6.45, 7) is 10.7. The lowest BCUT2D eigenvalue weighted by molar-refractivity contribution is -0.0208. The molecule has 1 rings (SSSR count). The Hall–Kier alpha value is -0.780. The molecule has 0 unspecified atom stereocenters. The average Bonchev–Trinajstić information content (AvgIpc) is 2.96. The summed E-state index contributed by atoms with van der Waals surface area (Å²) in [5, 5.41) is 0.844. The summed E-state index contributed by atoms with van der Waals surface area (Å²) in [5.41, 5.74) is 1.38. The molecule has 0 radical (unpaired) electrons. The summed E-state index contributed by atoms with van der Waals surface area (Å²) in [6, 6.07) is 8.45. The van der Waals surface area contributed by atoms with Gasteiger partial charge in [-0.1, -0.05) is 67.1 Å². The van der Waals surface area contributed by atoms with Crippen LogP contribution >= 0.6 is 15.9 Å². The molecule has 228 valence electrons. The van der Waals surface area contributed by atoms with Gasteiger partial charge < -0.3 is 37.9 Å². The number of aryl methyl sites for hydroxylation is 1. The Morgan fingerprint density at radius 3 is 1.28 bits per heavy atom. The van der Waals surface area contributed by atoms with Crippen LogP contribution in [0.25, 0.3) is 0 Å². The molecular formula is C30H53BrO8. The van der Waals surface area contributed by atoms with Gasteiger partial charge in [0, 0.05) is 5.33 Å². The van der Waals surface area contributed by atoms with Crippen LogP contribution in [0.3, 0.4) is 0 Å². The number of ether oxygens (including phenoxy) is 8. The molecule has 9 heteroatoms. The first kappa shape index (κ1) is 36.2. The number of rotatable bonds is 31. The highest BCUT2D eigenvalue weighted by Crippen LogP contribution is 2.15. The molecule has 0 saturated carbocycles. The molecule has 0 aliphatic carbocycles. The van der Waals surface area contributed by atoms with E-state index in [9.17, 15) is 0 Å². The van der Waals surface area contributed by atoms with E-state index in [-0.39, 0.29) is 0 Å². The highest BCUT2D eigenvalue weighted by molar-refractivity contribution is 9.09. The van der Waals surface area contributed by atoms with Crippen LogP contribution < -0.4 is 4.74 Å². The van der Waals surface area contributed by atoms with Gasteiger partial charge in [0.1, 0.15) is 12.4 Å². The average molecular weight is 622 g/mol. The number of halogens is 1. The van der Waals surface area contributed by atoms with Crippen molar-refractivity contribution in [2.75, 3.05) is 104 Å². The monoisotopic (exact) mass is 620 g/mol. The standard InChI is InChI=1S/C30H53BrO8/c1-2-3-4-5-6-7-8-29-9-11-30(12-10-29)39-28-27-38-26-25-37-24-23-36-22-21-35-20-19-34-18-17-33-16-15-32-14-13-31/h9-12H,2-8,13-28H2,1H3. The zero-order valence-corrected chi connectivity index (χ0v) is 25.8. The van der Waals surface area contributed by atoms with Crippen molar-refractivity contribution >= 4 is 15.9 Å². The third-order valence-corrected chi connectivity index (χ3v) is 6.02. The fourth-order valence-corrected chi connectivity index (χ4v) is 3.79. The minimum atomic E-state index is 0.534. The Labute approximate surface area is 245 Å². The normalized spacial score (nSPS) is 11.3. The molecule has 0 fully saturated rings. The summed E-state index contributed by atoms with van der Waals surface area (Å²) in [7, 11) is 0. The van der Waals surface area contributed by atoms with Gasteiger partial charge in [-0.3, -0.25) is 0 Å². The van der Waals surface area contributed by atoms with E-state index in [1.807, 2.05) is 0 Å². The Balaban J connectivity index is 1.75. The summed E-state index contributed by atoms with van der Waals surface area (Å²) in [4.78, 5) is 0. The topological polar surface area (TPSA) is 73.8 Å². The lowest BCUT2D eigenvalue weighted by atomic mass is 10.0. The molecule has 39 heavy (non-hydrogen) atoms. The van der Waals surface area contributed by atoms with Crippen LogP contribution in [0.4, 0.5) is 0 Å². The molecule has 0 saturated heterocycles.